The van der Waals surface area contributed by atoms with Gasteiger partial charge in [0.25, 0.3) is 17.7 Å². The van der Waals surface area contributed by atoms with Crippen molar-refractivity contribution >= 4 is 29.4 Å². The van der Waals surface area contributed by atoms with Gasteiger partial charge in [-0.05, 0) is 43.2 Å². The van der Waals surface area contributed by atoms with E-state index in [1.165, 1.54) is 0 Å². The Morgan fingerprint density at radius 1 is 0.897 bits per heavy atom. The second kappa shape index (κ2) is 9.50. The number of rotatable bonds is 8. The molecule has 150 valence electrons. The van der Waals surface area contributed by atoms with Gasteiger partial charge in [0.15, 0.2) is 6.61 Å². The van der Waals surface area contributed by atoms with Crippen molar-refractivity contribution in [2.75, 3.05) is 18.5 Å². The number of ether oxygens (including phenoxy) is 1. The molecule has 0 saturated heterocycles. The smallest absolute Gasteiger partial charge is 0.325 e. The van der Waals surface area contributed by atoms with Gasteiger partial charge in [-0.25, -0.2) is 0 Å². The number of hydrogen-bond acceptors (Lipinski definition) is 5. The Hall–Kier alpha value is -3.68. The molecule has 0 aliphatic heterocycles. The predicted octanol–water partition coefficient (Wildman–Crippen LogP) is 1.49. The summed E-state index contributed by atoms with van der Waals surface area (Å²) in [5.41, 5.74) is 1.28. The van der Waals surface area contributed by atoms with Crippen LogP contribution in [-0.4, -0.2) is 42.9 Å². The summed E-state index contributed by atoms with van der Waals surface area (Å²) in [6.45, 7) is -0.851. The lowest BCUT2D eigenvalue weighted by molar-refractivity contribution is -0.146. The van der Waals surface area contributed by atoms with Gasteiger partial charge in [0, 0.05) is 22.9 Å². The van der Waals surface area contributed by atoms with Gasteiger partial charge in [-0.3, -0.25) is 19.2 Å². The number of amides is 3. The number of nitrogens with one attached hydrogen (secondary N) is 3. The van der Waals surface area contributed by atoms with E-state index in [0.717, 1.165) is 12.8 Å². The van der Waals surface area contributed by atoms with Crippen LogP contribution in [0, 0.1) is 0 Å². The average molecular weight is 395 g/mol. The largest absolute Gasteiger partial charge is 0.454 e. The second-order valence-electron chi connectivity index (χ2n) is 6.59. The van der Waals surface area contributed by atoms with Gasteiger partial charge in [-0.1, -0.05) is 24.3 Å². The van der Waals surface area contributed by atoms with Crippen molar-refractivity contribution in [3.63, 3.8) is 0 Å². The molecule has 8 heteroatoms. The molecular formula is C21H21N3O5. The van der Waals surface area contributed by atoms with E-state index in [-0.39, 0.29) is 18.5 Å². The molecule has 2 aromatic rings. The van der Waals surface area contributed by atoms with Crippen LogP contribution >= 0.6 is 0 Å². The Bertz CT molecular complexity index is 910. The van der Waals surface area contributed by atoms with Crippen LogP contribution in [-0.2, 0) is 14.3 Å². The number of carbonyl (C=O) groups excluding carboxylic acids is 4. The van der Waals surface area contributed by atoms with Crippen LogP contribution in [0.4, 0.5) is 5.69 Å². The first kappa shape index (κ1) is 20.1. The molecule has 0 aromatic heterocycles. The van der Waals surface area contributed by atoms with Gasteiger partial charge in [-0.15, -0.1) is 0 Å². The number of esters is 1. The maximum atomic E-state index is 12.0. The standard InChI is InChI=1S/C21H21N3O5/c25-18(13-29-19(26)12-22-20(27)14-5-2-1-3-6-14)23-17-8-4-7-15(11-17)21(28)24-16-9-10-16/h1-8,11,16H,9-10,12-13H2,(H,22,27)(H,23,25)(H,24,28). The van der Waals surface area contributed by atoms with E-state index in [1.807, 2.05) is 0 Å². The van der Waals surface area contributed by atoms with E-state index < -0.39 is 24.4 Å². The van der Waals surface area contributed by atoms with Gasteiger partial charge in [0.1, 0.15) is 6.54 Å². The molecule has 29 heavy (non-hydrogen) atoms. The summed E-state index contributed by atoms with van der Waals surface area (Å²) in [4.78, 5) is 47.6. The minimum atomic E-state index is -0.734. The minimum absolute atomic E-state index is 0.191. The third-order valence-electron chi connectivity index (χ3n) is 4.11. The maximum absolute atomic E-state index is 12.0. The number of anilines is 1. The molecule has 3 N–H and O–H groups in total. The molecule has 0 heterocycles. The highest BCUT2D eigenvalue weighted by atomic mass is 16.5. The molecule has 1 aliphatic rings. The van der Waals surface area contributed by atoms with Gasteiger partial charge >= 0.3 is 5.97 Å². The molecule has 3 amide bonds. The van der Waals surface area contributed by atoms with Crippen molar-refractivity contribution < 1.29 is 23.9 Å². The first-order chi connectivity index (χ1) is 14.0. The molecule has 0 radical (unpaired) electrons. The lowest BCUT2D eigenvalue weighted by Gasteiger charge is -2.09. The van der Waals surface area contributed by atoms with Crippen LogP contribution < -0.4 is 16.0 Å². The Kier molecular flexibility index (Phi) is 6.57. The van der Waals surface area contributed by atoms with E-state index in [9.17, 15) is 19.2 Å². The SMILES string of the molecule is O=C(COC(=O)CNC(=O)c1ccccc1)Nc1cccc(C(=O)NC2CC2)c1. The summed E-state index contributed by atoms with van der Waals surface area (Å²) in [6, 6.07) is 15.2. The van der Waals surface area contributed by atoms with Gasteiger partial charge in [0.2, 0.25) is 0 Å². The van der Waals surface area contributed by atoms with E-state index in [1.54, 1.807) is 54.6 Å². The van der Waals surface area contributed by atoms with Gasteiger partial charge in [0.05, 0.1) is 0 Å². The molecular weight excluding hydrogens is 374 g/mol. The second-order valence-corrected chi connectivity index (χ2v) is 6.59. The summed E-state index contributed by atoms with van der Waals surface area (Å²) >= 11 is 0. The fourth-order valence-electron chi connectivity index (χ4n) is 2.47. The van der Waals surface area contributed by atoms with Crippen LogP contribution in [0.5, 0.6) is 0 Å². The summed E-state index contributed by atoms with van der Waals surface area (Å²) in [6.07, 6.45) is 1.97. The highest BCUT2D eigenvalue weighted by Gasteiger charge is 2.23. The molecule has 8 nitrogen and oxygen atoms in total. The van der Waals surface area contributed by atoms with Crippen molar-refractivity contribution in [3.05, 3.63) is 65.7 Å². The topological polar surface area (TPSA) is 114 Å². The average Bonchev–Trinajstić information content (AvgIpc) is 3.55. The van der Waals surface area contributed by atoms with E-state index in [0.29, 0.717) is 16.8 Å². The minimum Gasteiger partial charge on any atom is -0.454 e. The summed E-state index contributed by atoms with van der Waals surface area (Å²) in [7, 11) is 0. The molecule has 0 unspecified atom stereocenters. The molecule has 1 fully saturated rings. The molecule has 0 atom stereocenters. The fourth-order valence-corrected chi connectivity index (χ4v) is 2.47. The van der Waals surface area contributed by atoms with Crippen LogP contribution in [0.1, 0.15) is 33.6 Å². The third kappa shape index (κ3) is 6.46. The number of carbonyl (C=O) groups is 4. The molecule has 3 rings (SSSR count). The van der Waals surface area contributed by atoms with Crippen LogP contribution in [0.2, 0.25) is 0 Å². The summed E-state index contributed by atoms with van der Waals surface area (Å²) < 4.78 is 4.86. The lowest BCUT2D eigenvalue weighted by atomic mass is 10.2. The highest BCUT2D eigenvalue weighted by Crippen LogP contribution is 2.20. The van der Waals surface area contributed by atoms with Crippen molar-refractivity contribution in [3.8, 4) is 0 Å². The molecule has 1 saturated carbocycles. The highest BCUT2D eigenvalue weighted by molar-refractivity contribution is 5.98. The zero-order valence-corrected chi connectivity index (χ0v) is 15.6. The summed E-state index contributed by atoms with van der Waals surface area (Å²) in [5.74, 6) is -1.88. The predicted molar refractivity (Wildman–Crippen MR) is 105 cm³/mol. The van der Waals surface area contributed by atoms with Crippen molar-refractivity contribution in [1.82, 2.24) is 10.6 Å². The molecule has 0 bridgehead atoms. The Labute approximate surface area is 167 Å². The monoisotopic (exact) mass is 395 g/mol. The normalized spacial score (nSPS) is 12.6. The van der Waals surface area contributed by atoms with Crippen LogP contribution in [0.15, 0.2) is 54.6 Å². The van der Waals surface area contributed by atoms with Crippen LogP contribution in [0.25, 0.3) is 0 Å². The van der Waals surface area contributed by atoms with E-state index in [2.05, 4.69) is 16.0 Å². The van der Waals surface area contributed by atoms with Crippen molar-refractivity contribution in [2.24, 2.45) is 0 Å². The van der Waals surface area contributed by atoms with Gasteiger partial charge in [-0.2, -0.15) is 0 Å². The molecule has 0 spiro atoms. The molecule has 2 aromatic carbocycles. The molecule has 1 aliphatic carbocycles. The lowest BCUT2D eigenvalue weighted by Crippen LogP contribution is -2.32. The van der Waals surface area contributed by atoms with Crippen molar-refractivity contribution in [1.29, 1.82) is 0 Å². The first-order valence-corrected chi connectivity index (χ1v) is 9.21. The Morgan fingerprint density at radius 3 is 2.34 bits per heavy atom. The number of hydrogen-bond donors (Lipinski definition) is 3. The van der Waals surface area contributed by atoms with Crippen molar-refractivity contribution in [2.45, 2.75) is 18.9 Å². The first-order valence-electron chi connectivity index (χ1n) is 9.21. The Balaban J connectivity index is 1.40. The number of benzene rings is 2. The fraction of sp³-hybridized carbons (Fsp3) is 0.238. The van der Waals surface area contributed by atoms with E-state index >= 15 is 0 Å². The van der Waals surface area contributed by atoms with E-state index in [4.69, 9.17) is 4.74 Å². The summed E-state index contributed by atoms with van der Waals surface area (Å²) in [5, 5.41) is 7.86. The maximum Gasteiger partial charge on any atom is 0.325 e. The third-order valence-corrected chi connectivity index (χ3v) is 4.11. The quantitative estimate of drug-likeness (QED) is 0.586. The zero-order valence-electron chi connectivity index (χ0n) is 15.6. The Morgan fingerprint density at radius 2 is 1.62 bits per heavy atom. The van der Waals surface area contributed by atoms with Crippen LogP contribution in [0.3, 0.4) is 0 Å². The zero-order chi connectivity index (χ0) is 20.6. The van der Waals surface area contributed by atoms with Gasteiger partial charge < -0.3 is 20.7 Å².